The average molecular weight is 333 g/mol. The second-order valence-electron chi connectivity index (χ2n) is 5.43. The van der Waals surface area contributed by atoms with Gasteiger partial charge in [-0.25, -0.2) is 18.1 Å². The van der Waals surface area contributed by atoms with Gasteiger partial charge >= 0.3 is 0 Å². The van der Waals surface area contributed by atoms with Crippen molar-refractivity contribution in [3.63, 3.8) is 0 Å². The van der Waals surface area contributed by atoms with Crippen molar-refractivity contribution in [2.75, 3.05) is 0 Å². The molecule has 7 heteroatoms. The first kappa shape index (κ1) is 13.9. The first-order chi connectivity index (χ1) is 10.6. The van der Waals surface area contributed by atoms with E-state index in [0.29, 0.717) is 4.90 Å². The maximum Gasteiger partial charge on any atom is 0.240 e. The summed E-state index contributed by atoms with van der Waals surface area (Å²) in [6, 6.07) is 5.43. The highest BCUT2D eigenvalue weighted by atomic mass is 32.2. The predicted octanol–water partition coefficient (Wildman–Crippen LogP) is 2.36. The Morgan fingerprint density at radius 1 is 1.27 bits per heavy atom. The van der Waals surface area contributed by atoms with E-state index in [1.807, 2.05) is 28.2 Å². The highest BCUT2D eigenvalue weighted by molar-refractivity contribution is 7.89. The number of hydrogen-bond donors (Lipinski definition) is 1. The van der Waals surface area contributed by atoms with Crippen LogP contribution in [0.5, 0.6) is 0 Å². The zero-order valence-electron chi connectivity index (χ0n) is 11.8. The highest BCUT2D eigenvalue weighted by Crippen LogP contribution is 2.24. The maximum absolute atomic E-state index is 12.4. The second-order valence-corrected chi connectivity index (χ2v) is 8.07. The Morgan fingerprint density at radius 2 is 2.14 bits per heavy atom. The molecular weight excluding hydrogens is 318 g/mol. The van der Waals surface area contributed by atoms with Crippen LogP contribution in [0.15, 0.2) is 40.9 Å². The summed E-state index contributed by atoms with van der Waals surface area (Å²) in [7, 11) is -3.50. The lowest BCUT2D eigenvalue weighted by atomic mass is 10.1. The van der Waals surface area contributed by atoms with Crippen LogP contribution in [0.1, 0.15) is 23.2 Å². The highest BCUT2D eigenvalue weighted by Gasteiger charge is 2.18. The summed E-state index contributed by atoms with van der Waals surface area (Å²) in [5.41, 5.74) is 3.15. The summed E-state index contributed by atoms with van der Waals surface area (Å²) in [4.78, 5) is 5.59. The smallest absolute Gasteiger partial charge is 0.240 e. The summed E-state index contributed by atoms with van der Waals surface area (Å²) < 4.78 is 29.4. The molecule has 4 rings (SSSR count). The molecule has 0 fully saturated rings. The summed E-state index contributed by atoms with van der Waals surface area (Å²) in [6.07, 6.45) is 6.88. The number of hydrogen-bond acceptors (Lipinski definition) is 4. The van der Waals surface area contributed by atoms with Crippen molar-refractivity contribution in [2.45, 2.75) is 30.7 Å². The van der Waals surface area contributed by atoms with Gasteiger partial charge in [0.2, 0.25) is 10.0 Å². The van der Waals surface area contributed by atoms with Gasteiger partial charge in [-0.3, -0.25) is 4.40 Å². The number of rotatable bonds is 4. The number of thiazole rings is 1. The molecule has 0 aliphatic heterocycles. The number of aromatic nitrogens is 2. The number of benzene rings is 1. The fraction of sp³-hybridized carbons (Fsp3) is 0.267. The first-order valence-electron chi connectivity index (χ1n) is 7.14. The Morgan fingerprint density at radius 3 is 3.00 bits per heavy atom. The third-order valence-electron chi connectivity index (χ3n) is 3.97. The Bertz CT molecular complexity index is 912. The molecule has 22 heavy (non-hydrogen) atoms. The fourth-order valence-electron chi connectivity index (χ4n) is 2.83. The van der Waals surface area contributed by atoms with E-state index in [2.05, 4.69) is 9.71 Å². The normalized spacial score (nSPS) is 14.5. The van der Waals surface area contributed by atoms with E-state index in [1.165, 1.54) is 16.9 Å². The summed E-state index contributed by atoms with van der Waals surface area (Å²) in [6.45, 7) is 0.202. The van der Waals surface area contributed by atoms with Crippen molar-refractivity contribution < 1.29 is 8.42 Å². The van der Waals surface area contributed by atoms with Crippen LogP contribution in [0.3, 0.4) is 0 Å². The number of aryl methyl sites for hydroxylation is 2. The van der Waals surface area contributed by atoms with Gasteiger partial charge in [-0.1, -0.05) is 6.07 Å². The van der Waals surface area contributed by atoms with Crippen molar-refractivity contribution in [3.05, 3.63) is 52.8 Å². The molecule has 1 aliphatic rings. The topological polar surface area (TPSA) is 63.5 Å². The van der Waals surface area contributed by atoms with Crippen LogP contribution in [0.2, 0.25) is 0 Å². The molecular formula is C15H15N3O2S2. The zero-order chi connectivity index (χ0) is 15.2. The second kappa shape index (κ2) is 5.19. The lowest BCUT2D eigenvalue weighted by Crippen LogP contribution is -2.23. The molecule has 1 aliphatic carbocycles. The maximum atomic E-state index is 12.4. The van der Waals surface area contributed by atoms with Gasteiger partial charge in [0.1, 0.15) is 0 Å². The van der Waals surface area contributed by atoms with Gasteiger partial charge in [0, 0.05) is 17.8 Å². The van der Waals surface area contributed by atoms with Gasteiger partial charge in [-0.15, -0.1) is 11.3 Å². The van der Waals surface area contributed by atoms with Crippen molar-refractivity contribution in [2.24, 2.45) is 0 Å². The van der Waals surface area contributed by atoms with E-state index < -0.39 is 10.0 Å². The number of fused-ring (bicyclic) bond motifs is 2. The van der Waals surface area contributed by atoms with Crippen LogP contribution in [0, 0.1) is 0 Å². The third kappa shape index (κ3) is 2.45. The molecule has 1 aromatic carbocycles. The molecule has 0 saturated heterocycles. The van der Waals surface area contributed by atoms with Crippen LogP contribution >= 0.6 is 11.3 Å². The monoisotopic (exact) mass is 333 g/mol. The molecule has 114 valence electrons. The van der Waals surface area contributed by atoms with E-state index in [9.17, 15) is 8.42 Å². The summed E-state index contributed by atoms with van der Waals surface area (Å²) >= 11 is 1.53. The lowest BCUT2D eigenvalue weighted by molar-refractivity contribution is 0.580. The number of nitrogens with one attached hydrogen (secondary N) is 1. The molecule has 2 heterocycles. The fourth-order valence-corrected chi connectivity index (χ4v) is 4.60. The average Bonchev–Trinajstić information content (AvgIpc) is 3.19. The van der Waals surface area contributed by atoms with Gasteiger partial charge in [0.25, 0.3) is 0 Å². The van der Waals surface area contributed by atoms with Crippen molar-refractivity contribution >= 4 is 26.3 Å². The number of nitrogens with zero attached hydrogens (tertiary/aromatic N) is 2. The van der Waals surface area contributed by atoms with Crippen LogP contribution in [-0.4, -0.2) is 17.8 Å². The number of imidazole rings is 1. The van der Waals surface area contributed by atoms with Gasteiger partial charge in [0.15, 0.2) is 4.96 Å². The summed E-state index contributed by atoms with van der Waals surface area (Å²) in [5.74, 6) is 0. The van der Waals surface area contributed by atoms with Gasteiger partial charge in [0.05, 0.1) is 17.1 Å². The minimum Gasteiger partial charge on any atom is -0.297 e. The van der Waals surface area contributed by atoms with Gasteiger partial charge in [-0.05, 0) is 42.5 Å². The Labute approximate surface area is 132 Å². The van der Waals surface area contributed by atoms with Gasteiger partial charge in [-0.2, -0.15) is 0 Å². The molecule has 0 amide bonds. The van der Waals surface area contributed by atoms with Crippen LogP contribution in [0.25, 0.3) is 4.96 Å². The zero-order valence-corrected chi connectivity index (χ0v) is 13.5. The van der Waals surface area contributed by atoms with Crippen LogP contribution in [-0.2, 0) is 29.4 Å². The van der Waals surface area contributed by atoms with E-state index >= 15 is 0 Å². The molecule has 0 radical (unpaired) electrons. The van der Waals surface area contributed by atoms with E-state index in [-0.39, 0.29) is 6.54 Å². The number of sulfonamides is 1. The molecule has 0 spiro atoms. The molecule has 2 aromatic heterocycles. The minimum atomic E-state index is -3.50. The predicted molar refractivity (Wildman–Crippen MR) is 85.6 cm³/mol. The largest absolute Gasteiger partial charge is 0.297 e. The van der Waals surface area contributed by atoms with Crippen LogP contribution < -0.4 is 4.72 Å². The first-order valence-corrected chi connectivity index (χ1v) is 9.51. The Hall–Kier alpha value is -1.70. The van der Waals surface area contributed by atoms with E-state index in [0.717, 1.165) is 35.5 Å². The quantitative estimate of drug-likeness (QED) is 0.797. The molecule has 0 bridgehead atoms. The van der Waals surface area contributed by atoms with Crippen molar-refractivity contribution in [3.8, 4) is 0 Å². The third-order valence-corrected chi connectivity index (χ3v) is 6.14. The van der Waals surface area contributed by atoms with E-state index in [1.54, 1.807) is 12.1 Å². The van der Waals surface area contributed by atoms with E-state index in [4.69, 9.17) is 0 Å². The molecule has 0 unspecified atom stereocenters. The minimum absolute atomic E-state index is 0.202. The molecule has 0 saturated carbocycles. The van der Waals surface area contributed by atoms with Crippen molar-refractivity contribution in [1.29, 1.82) is 0 Å². The lowest BCUT2D eigenvalue weighted by Gasteiger charge is -2.07. The Balaban J connectivity index is 1.54. The molecule has 0 atom stereocenters. The molecule has 3 aromatic rings. The summed E-state index contributed by atoms with van der Waals surface area (Å²) in [5, 5.41) is 1.95. The van der Waals surface area contributed by atoms with Crippen molar-refractivity contribution in [1.82, 2.24) is 14.1 Å². The van der Waals surface area contributed by atoms with Crippen LogP contribution in [0.4, 0.5) is 0 Å². The SMILES string of the molecule is O=S(=O)(NCc1cn2ccsc2n1)c1ccc2c(c1)CCC2. The standard InChI is InChI=1S/C15H15N3O2S2/c19-22(20,14-5-4-11-2-1-3-12(11)8-14)16-9-13-10-18-6-7-21-15(18)17-13/h4-8,10,16H,1-3,9H2. The molecule has 5 nitrogen and oxygen atoms in total. The van der Waals surface area contributed by atoms with Gasteiger partial charge < -0.3 is 0 Å². The Kier molecular flexibility index (Phi) is 3.28. The molecule has 1 N–H and O–H groups in total.